The Morgan fingerprint density at radius 1 is 0.587 bits per heavy atom. The van der Waals surface area contributed by atoms with Crippen LogP contribution in [0, 0.1) is 0 Å². The van der Waals surface area contributed by atoms with Crippen molar-refractivity contribution >= 4 is 45.5 Å². The van der Waals surface area contributed by atoms with E-state index < -0.39 is 34.8 Å². The first kappa shape index (κ1) is 36.9. The topological polar surface area (TPSA) is 110 Å². The molecule has 46 heavy (non-hydrogen) atoms. The lowest BCUT2D eigenvalue weighted by Gasteiger charge is -2.21. The number of Topliss-reactive ketones (excluding diaryl/α,β-unsaturated/α-hetero) is 1. The molecule has 0 bridgehead atoms. The Morgan fingerprint density at radius 2 is 0.957 bits per heavy atom. The number of hydrogen-bond donors (Lipinski definition) is 0. The Bertz CT molecular complexity index is 1350. The summed E-state index contributed by atoms with van der Waals surface area (Å²) in [5, 5.41) is 0. The molecule has 3 atom stereocenters. The van der Waals surface area contributed by atoms with Crippen molar-refractivity contribution < 1.29 is 33.4 Å². The predicted octanol–water partition coefficient (Wildman–Crippen LogP) is 6.35. The van der Waals surface area contributed by atoms with Crippen molar-refractivity contribution in [2.75, 3.05) is 26.2 Å². The first-order valence-corrected chi connectivity index (χ1v) is 17.1. The van der Waals surface area contributed by atoms with Crippen molar-refractivity contribution in [2.24, 2.45) is 0 Å². The minimum absolute atomic E-state index is 0.106. The van der Waals surface area contributed by atoms with Crippen molar-refractivity contribution in [3.8, 4) is 0 Å². The molecule has 2 aliphatic rings. The molecule has 2 fully saturated rings. The normalized spacial score (nSPS) is 16.4. The summed E-state index contributed by atoms with van der Waals surface area (Å²) in [4.78, 5) is 63.5. The van der Waals surface area contributed by atoms with Gasteiger partial charge < -0.3 is 19.3 Å². The third-order valence-corrected chi connectivity index (χ3v) is 9.14. The van der Waals surface area contributed by atoms with Crippen LogP contribution in [0.4, 0.5) is 0 Å². The first-order valence-electron chi connectivity index (χ1n) is 16.2. The van der Waals surface area contributed by atoms with Crippen LogP contribution in [0.25, 0.3) is 0 Å². The number of ketones is 1. The molecule has 4 rings (SSSR count). The molecule has 0 spiro atoms. The molecule has 2 aliphatic heterocycles. The molecule has 2 heterocycles. The van der Waals surface area contributed by atoms with Crippen molar-refractivity contribution in [1.82, 2.24) is 9.80 Å². The maximum atomic E-state index is 12.3. The van der Waals surface area contributed by atoms with E-state index in [1.54, 1.807) is 28.9 Å². The van der Waals surface area contributed by atoms with Gasteiger partial charge in [0.2, 0.25) is 0 Å². The number of ether oxygens (including phenoxy) is 2. The molecule has 2 amide bonds. The second-order valence-corrected chi connectivity index (χ2v) is 13.4. The fourth-order valence-corrected chi connectivity index (χ4v) is 5.67. The van der Waals surface area contributed by atoms with Gasteiger partial charge in [-0.1, -0.05) is 92.2 Å². The highest BCUT2D eigenvalue weighted by atomic mass is 79.9. The summed E-state index contributed by atoms with van der Waals surface area (Å²) in [5.74, 6) is -1.68. The summed E-state index contributed by atoms with van der Waals surface area (Å²) in [7, 11) is 0. The van der Waals surface area contributed by atoms with E-state index in [1.807, 2.05) is 36.4 Å². The first-order chi connectivity index (χ1) is 21.8. The minimum Gasteiger partial charge on any atom is -0.451 e. The van der Waals surface area contributed by atoms with Gasteiger partial charge in [0.1, 0.15) is 4.83 Å². The molecule has 0 aliphatic carbocycles. The second-order valence-electron chi connectivity index (χ2n) is 12.5. The zero-order chi connectivity index (χ0) is 34.0. The number of alkyl halides is 1. The van der Waals surface area contributed by atoms with Crippen LogP contribution in [0.15, 0.2) is 48.5 Å². The number of rotatable bonds is 10. The molecule has 2 aromatic carbocycles. The quantitative estimate of drug-likeness (QED) is 0.123. The van der Waals surface area contributed by atoms with Crippen molar-refractivity contribution in [3.05, 3.63) is 70.8 Å². The van der Waals surface area contributed by atoms with Crippen molar-refractivity contribution in [3.63, 3.8) is 0 Å². The Labute approximate surface area is 281 Å². The van der Waals surface area contributed by atoms with E-state index in [9.17, 15) is 24.0 Å². The lowest BCUT2D eigenvalue weighted by Crippen LogP contribution is -2.39. The number of likely N-dealkylation sites (tertiary alicyclic amines) is 2. The molecule has 0 N–H and O–H groups in total. The molecule has 9 nitrogen and oxygen atoms in total. The maximum absolute atomic E-state index is 12.3. The fourth-order valence-electron chi connectivity index (χ4n) is 5.26. The van der Waals surface area contributed by atoms with Gasteiger partial charge >= 0.3 is 11.9 Å². The number of amides is 2. The monoisotopic (exact) mass is 698 g/mol. The average molecular weight is 700 g/mol. The molecule has 0 aromatic heterocycles. The number of hydrogen-bond acceptors (Lipinski definition) is 7. The second kappa shape index (κ2) is 17.4. The van der Waals surface area contributed by atoms with E-state index in [0.29, 0.717) is 24.9 Å². The Kier molecular flexibility index (Phi) is 14.0. The van der Waals surface area contributed by atoms with Gasteiger partial charge in [-0.15, -0.1) is 0 Å². The molecular formula is C36H47BrN2O7. The zero-order valence-corrected chi connectivity index (χ0v) is 29.4. The SMILES string of the molecule is CC(C)c1ccc(C(=O)C(=O)O[C@H](C)C(=O)N2CCCC2)cc1.CC(C)c1ccc(C(Br)C(=O)O[C@H](C)C(=O)N2CCCC2)cc1. The van der Waals surface area contributed by atoms with Crippen LogP contribution in [-0.2, 0) is 28.7 Å². The molecule has 250 valence electrons. The third kappa shape index (κ3) is 10.2. The lowest BCUT2D eigenvalue weighted by molar-refractivity contribution is -0.158. The van der Waals surface area contributed by atoms with Crippen LogP contribution in [-0.4, -0.2) is 77.7 Å². The van der Waals surface area contributed by atoms with Gasteiger partial charge in [-0.2, -0.15) is 0 Å². The zero-order valence-electron chi connectivity index (χ0n) is 27.8. The Hall–Kier alpha value is -3.53. The number of halogens is 1. The molecule has 2 saturated heterocycles. The predicted molar refractivity (Wildman–Crippen MR) is 180 cm³/mol. The molecule has 0 saturated carbocycles. The van der Waals surface area contributed by atoms with E-state index in [1.165, 1.54) is 12.5 Å². The standard InChI is InChI=1S/C18H24BrNO3.C18H23NO4/c1-12(2)14-6-8-15(9-7-14)16(19)18(22)23-13(3)17(21)20-10-4-5-11-20;1-12(2)14-6-8-15(9-7-14)16(20)18(22)23-13(3)17(21)19-10-4-5-11-19/h6-9,12-13,16H,4-5,10-11H2,1-3H3;6-9,12-13H,4-5,10-11H2,1-3H3/t13-,16?;13-/m11/s1. The summed E-state index contributed by atoms with van der Waals surface area (Å²) >= 11 is 3.37. The van der Waals surface area contributed by atoms with Gasteiger partial charge in [-0.25, -0.2) is 4.79 Å². The van der Waals surface area contributed by atoms with E-state index in [-0.39, 0.29) is 17.4 Å². The van der Waals surface area contributed by atoms with Gasteiger partial charge in [-0.05, 0) is 68.1 Å². The average Bonchev–Trinajstić information content (AvgIpc) is 3.79. The van der Waals surface area contributed by atoms with Crippen LogP contribution in [0.2, 0.25) is 0 Å². The van der Waals surface area contributed by atoms with Crippen LogP contribution in [0.5, 0.6) is 0 Å². The van der Waals surface area contributed by atoms with Crippen molar-refractivity contribution in [1.29, 1.82) is 0 Å². The number of nitrogens with zero attached hydrogens (tertiary/aromatic N) is 2. The largest absolute Gasteiger partial charge is 0.451 e. The highest BCUT2D eigenvalue weighted by Gasteiger charge is 2.30. The maximum Gasteiger partial charge on any atom is 0.380 e. The fraction of sp³-hybridized carbons (Fsp3) is 0.528. The van der Waals surface area contributed by atoms with Crippen molar-refractivity contribution in [2.45, 2.75) is 96.1 Å². The number of carbonyl (C=O) groups is 5. The summed E-state index contributed by atoms with van der Waals surface area (Å²) in [6, 6.07) is 14.7. The smallest absolute Gasteiger partial charge is 0.380 e. The highest BCUT2D eigenvalue weighted by molar-refractivity contribution is 9.09. The van der Waals surface area contributed by atoms with Gasteiger partial charge in [0.25, 0.3) is 17.6 Å². The molecule has 10 heteroatoms. The highest BCUT2D eigenvalue weighted by Crippen LogP contribution is 2.27. The van der Waals surface area contributed by atoms with Gasteiger partial charge in [0.15, 0.2) is 12.2 Å². The van der Waals surface area contributed by atoms with Crippen LogP contribution in [0.3, 0.4) is 0 Å². The molecular weight excluding hydrogens is 652 g/mol. The lowest BCUT2D eigenvalue weighted by atomic mass is 10.0. The molecule has 0 radical (unpaired) electrons. The Balaban J connectivity index is 0.000000250. The summed E-state index contributed by atoms with van der Waals surface area (Å²) < 4.78 is 10.4. The number of carbonyl (C=O) groups excluding carboxylic acids is 5. The number of benzene rings is 2. The van der Waals surface area contributed by atoms with E-state index in [4.69, 9.17) is 9.47 Å². The van der Waals surface area contributed by atoms with Crippen LogP contribution < -0.4 is 0 Å². The Morgan fingerprint density at radius 3 is 1.37 bits per heavy atom. The summed E-state index contributed by atoms with van der Waals surface area (Å²) in [5.41, 5.74) is 3.42. The molecule has 2 aromatic rings. The van der Waals surface area contributed by atoms with E-state index >= 15 is 0 Å². The van der Waals surface area contributed by atoms with E-state index in [0.717, 1.165) is 49.9 Å². The summed E-state index contributed by atoms with van der Waals surface area (Å²) in [6.07, 6.45) is 2.31. The van der Waals surface area contributed by atoms with E-state index in [2.05, 4.69) is 43.6 Å². The van der Waals surface area contributed by atoms with Gasteiger partial charge in [0, 0.05) is 31.7 Å². The minimum atomic E-state index is -0.984. The summed E-state index contributed by atoms with van der Waals surface area (Å²) in [6.45, 7) is 14.4. The van der Waals surface area contributed by atoms with Crippen LogP contribution >= 0.6 is 15.9 Å². The third-order valence-electron chi connectivity index (χ3n) is 8.24. The van der Waals surface area contributed by atoms with Gasteiger partial charge in [0.05, 0.1) is 0 Å². The number of esters is 2. The van der Waals surface area contributed by atoms with Gasteiger partial charge in [-0.3, -0.25) is 19.2 Å². The van der Waals surface area contributed by atoms with Crippen LogP contribution in [0.1, 0.15) is 111 Å². The molecule has 1 unspecified atom stereocenters.